The number of benzene rings is 1. The molecule has 1 nitrogen and oxygen atoms in total. The molecule has 1 rings (SSSR count). The van der Waals surface area contributed by atoms with Crippen LogP contribution in [-0.2, 0) is 6.54 Å². The van der Waals surface area contributed by atoms with Crippen molar-refractivity contribution >= 4 is 27.5 Å². The lowest BCUT2D eigenvalue weighted by Gasteiger charge is -2.10. The molecule has 0 saturated carbocycles. The van der Waals surface area contributed by atoms with E-state index in [1.165, 1.54) is 6.07 Å². The van der Waals surface area contributed by atoms with Gasteiger partial charge in [-0.05, 0) is 19.1 Å². The Morgan fingerprint density at radius 3 is 2.86 bits per heavy atom. The summed E-state index contributed by atoms with van der Waals surface area (Å²) in [6.07, 6.45) is 0. The summed E-state index contributed by atoms with van der Waals surface area (Å²) >= 11 is 8.98. The van der Waals surface area contributed by atoms with E-state index in [-0.39, 0.29) is 5.82 Å². The van der Waals surface area contributed by atoms with Gasteiger partial charge in [-0.2, -0.15) is 0 Å². The molecule has 4 heteroatoms. The summed E-state index contributed by atoms with van der Waals surface area (Å²) in [5.41, 5.74) is 0.641. The van der Waals surface area contributed by atoms with E-state index in [0.717, 1.165) is 5.33 Å². The lowest BCUT2D eigenvalue weighted by atomic mass is 10.2. The molecule has 0 heterocycles. The van der Waals surface area contributed by atoms with Crippen LogP contribution in [0.4, 0.5) is 4.39 Å². The number of hydrogen-bond acceptors (Lipinski definition) is 1. The van der Waals surface area contributed by atoms with Crippen LogP contribution in [0.15, 0.2) is 18.2 Å². The summed E-state index contributed by atoms with van der Waals surface area (Å²) < 4.78 is 13.3. The molecule has 1 aromatic carbocycles. The Hall–Kier alpha value is -0.120. The van der Waals surface area contributed by atoms with E-state index >= 15 is 0 Å². The van der Waals surface area contributed by atoms with Gasteiger partial charge in [-0.15, -0.1) is 0 Å². The fourth-order valence-corrected chi connectivity index (χ4v) is 1.39. The van der Waals surface area contributed by atoms with Gasteiger partial charge in [0.25, 0.3) is 0 Å². The van der Waals surface area contributed by atoms with Gasteiger partial charge in [0.15, 0.2) is 0 Å². The van der Waals surface area contributed by atoms with Crippen LogP contribution in [0.1, 0.15) is 12.5 Å². The Labute approximate surface area is 96.8 Å². The van der Waals surface area contributed by atoms with Gasteiger partial charge in [-0.25, -0.2) is 4.39 Å². The van der Waals surface area contributed by atoms with Crippen molar-refractivity contribution in [3.05, 3.63) is 34.6 Å². The number of halogens is 3. The molecule has 0 aliphatic carbocycles. The molecule has 0 amide bonds. The van der Waals surface area contributed by atoms with Gasteiger partial charge in [-0.3, -0.25) is 0 Å². The Kier molecular flexibility index (Phi) is 4.85. The van der Waals surface area contributed by atoms with Crippen LogP contribution in [-0.4, -0.2) is 11.4 Å². The maximum Gasteiger partial charge on any atom is 0.129 e. The van der Waals surface area contributed by atoms with Crippen molar-refractivity contribution in [2.75, 3.05) is 5.33 Å². The zero-order chi connectivity index (χ0) is 10.6. The average Bonchev–Trinajstić information content (AvgIpc) is 2.16. The number of rotatable bonds is 4. The number of alkyl halides is 1. The van der Waals surface area contributed by atoms with E-state index in [9.17, 15) is 4.39 Å². The Morgan fingerprint density at radius 1 is 1.57 bits per heavy atom. The van der Waals surface area contributed by atoms with Crippen molar-refractivity contribution in [1.29, 1.82) is 0 Å². The molecule has 78 valence electrons. The maximum atomic E-state index is 13.3. The Balaban J connectivity index is 2.59. The van der Waals surface area contributed by atoms with E-state index in [1.54, 1.807) is 12.1 Å². The molecule has 0 bridgehead atoms. The minimum Gasteiger partial charge on any atom is -0.309 e. The topological polar surface area (TPSA) is 12.0 Å². The van der Waals surface area contributed by atoms with Crippen molar-refractivity contribution < 1.29 is 4.39 Å². The molecule has 0 aliphatic heterocycles. The standard InChI is InChI=1S/C10H12BrClFN/c1-7(5-11)14-6-8-2-3-9(12)4-10(8)13/h2-4,7,14H,5-6H2,1H3. The van der Waals surface area contributed by atoms with Gasteiger partial charge < -0.3 is 5.32 Å². The molecule has 0 saturated heterocycles. The highest BCUT2D eigenvalue weighted by atomic mass is 79.9. The first-order valence-electron chi connectivity index (χ1n) is 4.36. The third-order valence-corrected chi connectivity index (χ3v) is 3.09. The summed E-state index contributed by atoms with van der Waals surface area (Å²) in [6.45, 7) is 2.55. The summed E-state index contributed by atoms with van der Waals surface area (Å²) in [4.78, 5) is 0. The second-order valence-corrected chi connectivity index (χ2v) is 4.26. The second kappa shape index (κ2) is 5.69. The molecule has 1 unspecified atom stereocenters. The normalized spacial score (nSPS) is 12.9. The third kappa shape index (κ3) is 3.56. The molecule has 1 aromatic rings. The lowest BCUT2D eigenvalue weighted by Crippen LogP contribution is -2.26. The first-order chi connectivity index (χ1) is 6.63. The van der Waals surface area contributed by atoms with Crippen LogP contribution >= 0.6 is 27.5 Å². The van der Waals surface area contributed by atoms with Gasteiger partial charge in [0.05, 0.1) is 0 Å². The van der Waals surface area contributed by atoms with Crippen LogP contribution in [0.3, 0.4) is 0 Å². The van der Waals surface area contributed by atoms with Crippen LogP contribution < -0.4 is 5.32 Å². The largest absolute Gasteiger partial charge is 0.309 e. The Bertz CT molecular complexity index is 306. The fourth-order valence-electron chi connectivity index (χ4n) is 1.00. The molecule has 0 spiro atoms. The van der Waals surface area contributed by atoms with E-state index in [0.29, 0.717) is 23.2 Å². The Morgan fingerprint density at radius 2 is 2.29 bits per heavy atom. The maximum absolute atomic E-state index is 13.3. The van der Waals surface area contributed by atoms with Crippen molar-refractivity contribution in [3.63, 3.8) is 0 Å². The molecule has 0 aliphatic rings. The van der Waals surface area contributed by atoms with Crippen LogP contribution in [0.2, 0.25) is 5.02 Å². The van der Waals surface area contributed by atoms with Crippen LogP contribution in [0.25, 0.3) is 0 Å². The third-order valence-electron chi connectivity index (χ3n) is 1.89. The summed E-state index contributed by atoms with van der Waals surface area (Å²) in [5, 5.41) is 4.46. The minimum atomic E-state index is -0.258. The first kappa shape index (κ1) is 12.0. The minimum absolute atomic E-state index is 0.258. The van der Waals surface area contributed by atoms with Crippen LogP contribution in [0.5, 0.6) is 0 Å². The average molecular weight is 281 g/mol. The molecular formula is C10H12BrClFN. The van der Waals surface area contributed by atoms with Crippen molar-refractivity contribution in [3.8, 4) is 0 Å². The molecule has 0 fully saturated rings. The zero-order valence-corrected chi connectivity index (χ0v) is 10.2. The van der Waals surface area contributed by atoms with E-state index in [2.05, 4.69) is 21.2 Å². The van der Waals surface area contributed by atoms with Crippen molar-refractivity contribution in [2.45, 2.75) is 19.5 Å². The molecule has 0 radical (unpaired) electrons. The van der Waals surface area contributed by atoms with E-state index < -0.39 is 0 Å². The molecular weight excluding hydrogens is 268 g/mol. The van der Waals surface area contributed by atoms with Gasteiger partial charge in [0, 0.05) is 28.5 Å². The van der Waals surface area contributed by atoms with Crippen molar-refractivity contribution in [2.24, 2.45) is 0 Å². The summed E-state index contributed by atoms with van der Waals surface area (Å²) in [5.74, 6) is -0.258. The predicted molar refractivity (Wildman–Crippen MR) is 61.5 cm³/mol. The fraction of sp³-hybridized carbons (Fsp3) is 0.400. The van der Waals surface area contributed by atoms with Crippen molar-refractivity contribution in [1.82, 2.24) is 5.32 Å². The van der Waals surface area contributed by atoms with Gasteiger partial charge in [0.1, 0.15) is 5.82 Å². The van der Waals surface area contributed by atoms with E-state index in [1.807, 2.05) is 6.92 Å². The van der Waals surface area contributed by atoms with Crippen LogP contribution in [0, 0.1) is 5.82 Å². The quantitative estimate of drug-likeness (QED) is 0.834. The molecule has 0 aromatic heterocycles. The molecule has 1 atom stereocenters. The highest BCUT2D eigenvalue weighted by Crippen LogP contribution is 2.14. The number of hydrogen-bond donors (Lipinski definition) is 1. The van der Waals surface area contributed by atoms with Gasteiger partial charge >= 0.3 is 0 Å². The first-order valence-corrected chi connectivity index (χ1v) is 5.86. The van der Waals surface area contributed by atoms with Gasteiger partial charge in [0.2, 0.25) is 0 Å². The van der Waals surface area contributed by atoms with Gasteiger partial charge in [-0.1, -0.05) is 33.6 Å². The lowest BCUT2D eigenvalue weighted by molar-refractivity contribution is 0.558. The smallest absolute Gasteiger partial charge is 0.129 e. The monoisotopic (exact) mass is 279 g/mol. The predicted octanol–water partition coefficient (Wildman–Crippen LogP) is 3.35. The summed E-state index contributed by atoms with van der Waals surface area (Å²) in [7, 11) is 0. The highest BCUT2D eigenvalue weighted by Gasteiger charge is 2.04. The second-order valence-electron chi connectivity index (χ2n) is 3.17. The SMILES string of the molecule is CC(CBr)NCc1ccc(Cl)cc1F. The molecule has 1 N–H and O–H groups in total. The van der Waals surface area contributed by atoms with E-state index in [4.69, 9.17) is 11.6 Å². The molecule has 14 heavy (non-hydrogen) atoms. The highest BCUT2D eigenvalue weighted by molar-refractivity contribution is 9.09. The number of nitrogens with one attached hydrogen (secondary N) is 1. The zero-order valence-electron chi connectivity index (χ0n) is 7.86. The summed E-state index contributed by atoms with van der Waals surface area (Å²) in [6, 6.07) is 5.05.